The van der Waals surface area contributed by atoms with E-state index in [4.69, 9.17) is 5.73 Å². The first-order valence-electron chi connectivity index (χ1n) is 5.20. The Morgan fingerprint density at radius 1 is 1.29 bits per heavy atom. The van der Waals surface area contributed by atoms with Crippen LogP contribution in [0.3, 0.4) is 0 Å². The second-order valence-electron chi connectivity index (χ2n) is 4.23. The molecule has 76 valence electrons. The molecule has 0 saturated heterocycles. The van der Waals surface area contributed by atoms with Gasteiger partial charge in [0.05, 0.1) is 0 Å². The molecule has 0 heterocycles. The van der Waals surface area contributed by atoms with Crippen molar-refractivity contribution >= 4 is 0 Å². The first kappa shape index (κ1) is 9.66. The molecule has 3 unspecified atom stereocenters. The number of benzene rings is 1. The van der Waals surface area contributed by atoms with Crippen LogP contribution >= 0.6 is 0 Å². The van der Waals surface area contributed by atoms with Crippen molar-refractivity contribution in [2.75, 3.05) is 0 Å². The lowest BCUT2D eigenvalue weighted by Gasteiger charge is -2.18. The number of halogens is 1. The summed E-state index contributed by atoms with van der Waals surface area (Å²) < 4.78 is 13.5. The highest BCUT2D eigenvalue weighted by atomic mass is 19.1. The predicted octanol–water partition coefficient (Wildman–Crippen LogP) is 2.67. The number of nitrogens with two attached hydrogens (primary N) is 1. The van der Waals surface area contributed by atoms with Crippen LogP contribution in [0.25, 0.3) is 0 Å². The van der Waals surface area contributed by atoms with E-state index in [0.29, 0.717) is 11.8 Å². The summed E-state index contributed by atoms with van der Waals surface area (Å²) >= 11 is 0. The zero-order valence-electron chi connectivity index (χ0n) is 8.41. The van der Waals surface area contributed by atoms with Crippen LogP contribution in [-0.2, 0) is 0 Å². The Kier molecular flexibility index (Phi) is 2.55. The summed E-state index contributed by atoms with van der Waals surface area (Å²) in [5.41, 5.74) is 6.77. The molecule has 0 spiro atoms. The van der Waals surface area contributed by atoms with Gasteiger partial charge in [-0.05, 0) is 36.3 Å². The summed E-state index contributed by atoms with van der Waals surface area (Å²) in [5, 5.41) is 0. The third kappa shape index (κ3) is 1.55. The highest BCUT2D eigenvalue weighted by molar-refractivity contribution is 5.24. The summed E-state index contributed by atoms with van der Waals surface area (Å²) in [4.78, 5) is 0. The molecule has 2 heteroatoms. The average Bonchev–Trinajstić information content (AvgIpc) is 2.49. The average molecular weight is 193 g/mol. The van der Waals surface area contributed by atoms with Gasteiger partial charge >= 0.3 is 0 Å². The minimum absolute atomic E-state index is 0.0848. The van der Waals surface area contributed by atoms with Gasteiger partial charge in [0.15, 0.2) is 0 Å². The van der Waals surface area contributed by atoms with Gasteiger partial charge in [0.2, 0.25) is 0 Å². The van der Waals surface area contributed by atoms with E-state index in [1.807, 2.05) is 12.1 Å². The third-order valence-corrected chi connectivity index (χ3v) is 3.43. The molecule has 1 aliphatic rings. The summed E-state index contributed by atoms with van der Waals surface area (Å²) in [6, 6.07) is 7.29. The fourth-order valence-electron chi connectivity index (χ4n) is 2.41. The van der Waals surface area contributed by atoms with Gasteiger partial charge in [-0.2, -0.15) is 0 Å². The minimum Gasteiger partial charge on any atom is -0.327 e. The molecule has 1 nitrogen and oxygen atoms in total. The SMILES string of the molecule is CC1C(N)CCC1c1ccccc1F. The van der Waals surface area contributed by atoms with E-state index in [9.17, 15) is 4.39 Å². The van der Waals surface area contributed by atoms with E-state index in [0.717, 1.165) is 18.4 Å². The Balaban J connectivity index is 2.28. The van der Waals surface area contributed by atoms with E-state index in [2.05, 4.69) is 6.92 Å². The van der Waals surface area contributed by atoms with Crippen molar-refractivity contribution in [3.63, 3.8) is 0 Å². The van der Waals surface area contributed by atoms with E-state index in [-0.39, 0.29) is 11.9 Å². The van der Waals surface area contributed by atoms with Crippen LogP contribution in [0.2, 0.25) is 0 Å². The van der Waals surface area contributed by atoms with Gasteiger partial charge in [0.1, 0.15) is 5.82 Å². The Hall–Kier alpha value is -0.890. The van der Waals surface area contributed by atoms with Gasteiger partial charge in [-0.25, -0.2) is 4.39 Å². The summed E-state index contributed by atoms with van der Waals surface area (Å²) in [7, 11) is 0. The minimum atomic E-state index is -0.0848. The zero-order chi connectivity index (χ0) is 10.1. The van der Waals surface area contributed by atoms with E-state index < -0.39 is 0 Å². The monoisotopic (exact) mass is 193 g/mol. The Morgan fingerprint density at radius 2 is 2.00 bits per heavy atom. The molecule has 0 aliphatic heterocycles. The summed E-state index contributed by atoms with van der Waals surface area (Å²) in [5.74, 6) is 0.622. The van der Waals surface area contributed by atoms with Crippen LogP contribution < -0.4 is 5.73 Å². The van der Waals surface area contributed by atoms with E-state index in [1.54, 1.807) is 6.07 Å². The Labute approximate surface area is 84.1 Å². The molecular weight excluding hydrogens is 177 g/mol. The maximum atomic E-state index is 13.5. The fraction of sp³-hybridized carbons (Fsp3) is 0.500. The first-order valence-corrected chi connectivity index (χ1v) is 5.20. The lowest BCUT2D eigenvalue weighted by atomic mass is 9.89. The Morgan fingerprint density at radius 3 is 2.57 bits per heavy atom. The van der Waals surface area contributed by atoms with E-state index >= 15 is 0 Å². The molecule has 1 saturated carbocycles. The second-order valence-corrected chi connectivity index (χ2v) is 4.23. The lowest BCUT2D eigenvalue weighted by molar-refractivity contribution is 0.463. The van der Waals surface area contributed by atoms with Gasteiger partial charge in [0.25, 0.3) is 0 Å². The van der Waals surface area contributed by atoms with Crippen molar-refractivity contribution < 1.29 is 4.39 Å². The van der Waals surface area contributed by atoms with Crippen molar-refractivity contribution in [3.8, 4) is 0 Å². The number of hydrogen-bond acceptors (Lipinski definition) is 1. The van der Waals surface area contributed by atoms with Crippen molar-refractivity contribution in [3.05, 3.63) is 35.6 Å². The van der Waals surface area contributed by atoms with Crippen molar-refractivity contribution in [2.24, 2.45) is 11.7 Å². The van der Waals surface area contributed by atoms with Crippen LogP contribution in [0, 0.1) is 11.7 Å². The quantitative estimate of drug-likeness (QED) is 0.729. The highest BCUT2D eigenvalue weighted by Gasteiger charge is 2.32. The van der Waals surface area contributed by atoms with Crippen molar-refractivity contribution in [2.45, 2.75) is 31.7 Å². The molecule has 2 N–H and O–H groups in total. The molecule has 1 fully saturated rings. The van der Waals surface area contributed by atoms with Crippen LogP contribution in [0.5, 0.6) is 0 Å². The molecule has 2 rings (SSSR count). The first-order chi connectivity index (χ1) is 6.70. The van der Waals surface area contributed by atoms with Crippen LogP contribution in [0.15, 0.2) is 24.3 Å². The third-order valence-electron chi connectivity index (χ3n) is 3.43. The van der Waals surface area contributed by atoms with Crippen molar-refractivity contribution in [1.29, 1.82) is 0 Å². The lowest BCUT2D eigenvalue weighted by Crippen LogP contribution is -2.24. The number of rotatable bonds is 1. The maximum Gasteiger partial charge on any atom is 0.126 e. The molecular formula is C12H16FN. The smallest absolute Gasteiger partial charge is 0.126 e. The standard InChI is InChI=1S/C12H16FN/c1-8-9(6-7-12(8)14)10-4-2-3-5-11(10)13/h2-5,8-9,12H,6-7,14H2,1H3. The van der Waals surface area contributed by atoms with Crippen LogP contribution in [0.1, 0.15) is 31.2 Å². The largest absolute Gasteiger partial charge is 0.327 e. The topological polar surface area (TPSA) is 26.0 Å². The highest BCUT2D eigenvalue weighted by Crippen LogP contribution is 2.39. The zero-order valence-corrected chi connectivity index (χ0v) is 8.41. The second kappa shape index (κ2) is 3.70. The maximum absolute atomic E-state index is 13.5. The molecule has 0 radical (unpaired) electrons. The Bertz CT molecular complexity index is 324. The number of hydrogen-bond donors (Lipinski definition) is 1. The van der Waals surface area contributed by atoms with Gasteiger partial charge < -0.3 is 5.73 Å². The van der Waals surface area contributed by atoms with Gasteiger partial charge in [-0.1, -0.05) is 25.1 Å². The van der Waals surface area contributed by atoms with Gasteiger partial charge in [0, 0.05) is 6.04 Å². The van der Waals surface area contributed by atoms with Gasteiger partial charge in [-0.3, -0.25) is 0 Å². The molecule has 0 amide bonds. The normalized spacial score (nSPS) is 32.1. The van der Waals surface area contributed by atoms with E-state index in [1.165, 1.54) is 6.07 Å². The molecule has 1 aromatic carbocycles. The molecule has 1 aliphatic carbocycles. The fourth-order valence-corrected chi connectivity index (χ4v) is 2.41. The molecule has 0 bridgehead atoms. The van der Waals surface area contributed by atoms with Gasteiger partial charge in [-0.15, -0.1) is 0 Å². The van der Waals surface area contributed by atoms with Crippen LogP contribution in [0.4, 0.5) is 4.39 Å². The summed E-state index contributed by atoms with van der Waals surface area (Å²) in [6.45, 7) is 2.12. The van der Waals surface area contributed by atoms with Crippen LogP contribution in [-0.4, -0.2) is 6.04 Å². The molecule has 3 atom stereocenters. The van der Waals surface area contributed by atoms with Crippen molar-refractivity contribution in [1.82, 2.24) is 0 Å². The molecule has 14 heavy (non-hydrogen) atoms. The molecule has 1 aromatic rings. The summed E-state index contributed by atoms with van der Waals surface area (Å²) in [6.07, 6.45) is 2.03. The predicted molar refractivity (Wildman–Crippen MR) is 55.5 cm³/mol. The molecule has 0 aromatic heterocycles.